The number of nitrogens with one attached hydrogen (secondary N) is 1. The van der Waals surface area contributed by atoms with Gasteiger partial charge in [0.2, 0.25) is 5.91 Å². The first-order valence-corrected chi connectivity index (χ1v) is 13.1. The highest BCUT2D eigenvalue weighted by Gasteiger charge is 2.47. The Balaban J connectivity index is 2.26. The molecule has 2 rings (SSSR count). The largest absolute Gasteiger partial charge is 0.458 e. The number of rotatable bonds is 8. The van der Waals surface area contributed by atoms with Crippen LogP contribution in [0.3, 0.4) is 0 Å². The van der Waals surface area contributed by atoms with Crippen LogP contribution < -0.4 is 5.32 Å². The minimum Gasteiger partial charge on any atom is -0.458 e. The van der Waals surface area contributed by atoms with Gasteiger partial charge in [0.1, 0.15) is 17.2 Å². The first kappa shape index (κ1) is 30.6. The van der Waals surface area contributed by atoms with Crippen LogP contribution in [0.25, 0.3) is 0 Å². The highest BCUT2D eigenvalue weighted by atomic mass is 16.6. The van der Waals surface area contributed by atoms with Gasteiger partial charge >= 0.3 is 12.1 Å². The number of amides is 2. The number of hydrogen-bond donors (Lipinski definition) is 1. The van der Waals surface area contributed by atoms with Crippen LogP contribution in [0, 0.1) is 11.8 Å². The quantitative estimate of drug-likeness (QED) is 0.500. The fourth-order valence-corrected chi connectivity index (χ4v) is 4.74. The predicted molar refractivity (Wildman–Crippen MR) is 143 cm³/mol. The summed E-state index contributed by atoms with van der Waals surface area (Å²) in [6.07, 6.45) is -0.0284. The number of carbonyl (C=O) groups is 3. The topological polar surface area (TPSA) is 94.2 Å². The molecule has 8 heteroatoms. The number of hydrogen-bond acceptors (Lipinski definition) is 6. The van der Waals surface area contributed by atoms with E-state index in [1.165, 1.54) is 0 Å². The molecular formula is C29H46N2O6. The Bertz CT molecular complexity index is 921. The van der Waals surface area contributed by atoms with E-state index in [2.05, 4.69) is 12.2 Å². The van der Waals surface area contributed by atoms with Gasteiger partial charge in [0.05, 0.1) is 18.1 Å². The van der Waals surface area contributed by atoms with Crippen molar-refractivity contribution in [2.24, 2.45) is 11.8 Å². The van der Waals surface area contributed by atoms with E-state index >= 15 is 0 Å². The van der Waals surface area contributed by atoms with Crippen LogP contribution >= 0.6 is 0 Å². The molecule has 208 valence electrons. The lowest BCUT2D eigenvalue weighted by molar-refractivity contribution is -0.159. The van der Waals surface area contributed by atoms with Crippen LogP contribution in [-0.2, 0) is 30.2 Å². The first-order chi connectivity index (χ1) is 17.0. The Hall–Kier alpha value is -2.61. The molecule has 2 unspecified atom stereocenters. The molecule has 8 nitrogen and oxygen atoms in total. The van der Waals surface area contributed by atoms with Crippen molar-refractivity contribution in [3.63, 3.8) is 0 Å². The Kier molecular flexibility index (Phi) is 10.2. The fraction of sp³-hybridized carbons (Fsp3) is 0.690. The monoisotopic (exact) mass is 518 g/mol. The summed E-state index contributed by atoms with van der Waals surface area (Å²) >= 11 is 0. The van der Waals surface area contributed by atoms with E-state index in [0.29, 0.717) is 12.8 Å². The second kappa shape index (κ2) is 12.3. The number of benzene rings is 1. The van der Waals surface area contributed by atoms with Crippen molar-refractivity contribution in [3.8, 4) is 0 Å². The molecule has 2 amide bonds. The van der Waals surface area contributed by atoms with Crippen molar-refractivity contribution in [1.82, 2.24) is 10.2 Å². The summed E-state index contributed by atoms with van der Waals surface area (Å²) in [7, 11) is 1.55. The van der Waals surface area contributed by atoms with Crippen LogP contribution in [0.2, 0.25) is 0 Å². The average Bonchev–Trinajstić information content (AvgIpc) is 3.06. The van der Waals surface area contributed by atoms with Crippen molar-refractivity contribution < 1.29 is 28.6 Å². The standard InChI is InChI=1S/C29H46N2O6/c1-18-16-23(31(20(18)3)27(34)37-29(7,8)9)24(35-10)19(2)25(32)30-22(26(33)36-28(4,5)6)17-21-14-12-11-13-15-21/h11-15,18-20,22-24H,16-17H2,1-10H3,(H,30,32)/t18-,19?,20?,22-,23-,24+/m0/s1. The number of esters is 1. The Labute approximate surface area is 222 Å². The van der Waals surface area contributed by atoms with Gasteiger partial charge in [0.25, 0.3) is 0 Å². The summed E-state index contributed by atoms with van der Waals surface area (Å²) in [5, 5.41) is 2.90. The summed E-state index contributed by atoms with van der Waals surface area (Å²) in [4.78, 5) is 41.4. The zero-order valence-electron chi connectivity index (χ0n) is 24.2. The third-order valence-corrected chi connectivity index (χ3v) is 6.69. The molecule has 0 bridgehead atoms. The molecule has 1 heterocycles. The average molecular weight is 519 g/mol. The van der Waals surface area contributed by atoms with Crippen LogP contribution in [0.15, 0.2) is 30.3 Å². The fourth-order valence-electron chi connectivity index (χ4n) is 4.74. The highest BCUT2D eigenvalue weighted by molar-refractivity contribution is 5.86. The van der Waals surface area contributed by atoms with Crippen molar-refractivity contribution in [3.05, 3.63) is 35.9 Å². The molecule has 1 fully saturated rings. The molecule has 37 heavy (non-hydrogen) atoms. The van der Waals surface area contributed by atoms with E-state index in [1.54, 1.807) is 39.7 Å². The maximum absolute atomic E-state index is 13.5. The molecule has 0 aliphatic carbocycles. The summed E-state index contributed by atoms with van der Waals surface area (Å²) in [6.45, 7) is 16.7. The molecular weight excluding hydrogens is 472 g/mol. The number of methoxy groups -OCH3 is 1. The third kappa shape index (κ3) is 8.73. The number of likely N-dealkylation sites (tertiary alicyclic amines) is 1. The maximum atomic E-state index is 13.5. The van der Waals surface area contributed by atoms with Gasteiger partial charge in [-0.3, -0.25) is 9.69 Å². The van der Waals surface area contributed by atoms with E-state index in [0.717, 1.165) is 5.56 Å². The van der Waals surface area contributed by atoms with Crippen molar-refractivity contribution >= 4 is 18.0 Å². The molecule has 0 saturated carbocycles. The smallest absolute Gasteiger partial charge is 0.410 e. The molecule has 0 spiro atoms. The zero-order valence-corrected chi connectivity index (χ0v) is 24.2. The summed E-state index contributed by atoms with van der Waals surface area (Å²) in [6, 6.07) is 8.21. The van der Waals surface area contributed by atoms with Gasteiger partial charge in [-0.15, -0.1) is 0 Å². The molecule has 1 N–H and O–H groups in total. The van der Waals surface area contributed by atoms with Gasteiger partial charge in [-0.25, -0.2) is 9.59 Å². The molecule has 0 radical (unpaired) electrons. The van der Waals surface area contributed by atoms with Crippen molar-refractivity contribution in [1.29, 1.82) is 0 Å². The van der Waals surface area contributed by atoms with Crippen LogP contribution in [0.5, 0.6) is 0 Å². The van der Waals surface area contributed by atoms with E-state index in [1.807, 2.05) is 58.0 Å². The molecule has 1 aliphatic heterocycles. The second-order valence-corrected chi connectivity index (χ2v) is 12.2. The molecule has 1 saturated heterocycles. The number of ether oxygens (including phenoxy) is 3. The van der Waals surface area contributed by atoms with E-state index in [4.69, 9.17) is 14.2 Å². The summed E-state index contributed by atoms with van der Waals surface area (Å²) in [5.74, 6) is -1.27. The second-order valence-electron chi connectivity index (χ2n) is 12.2. The molecule has 1 aromatic rings. The molecule has 1 aliphatic rings. The Morgan fingerprint density at radius 2 is 1.57 bits per heavy atom. The third-order valence-electron chi connectivity index (χ3n) is 6.69. The minimum atomic E-state index is -0.863. The lowest BCUT2D eigenvalue weighted by atomic mass is 9.92. The minimum absolute atomic E-state index is 0.0691. The van der Waals surface area contributed by atoms with E-state index in [9.17, 15) is 14.4 Å². The first-order valence-electron chi connectivity index (χ1n) is 13.1. The van der Waals surface area contributed by atoms with Gasteiger partial charge in [-0.1, -0.05) is 44.2 Å². The zero-order chi connectivity index (χ0) is 28.1. The molecule has 1 aromatic carbocycles. The van der Waals surface area contributed by atoms with Gasteiger partial charge in [0, 0.05) is 19.6 Å². The molecule has 6 atom stereocenters. The lowest BCUT2D eigenvalue weighted by Crippen LogP contribution is -2.54. The Morgan fingerprint density at radius 1 is 1.00 bits per heavy atom. The Morgan fingerprint density at radius 3 is 2.08 bits per heavy atom. The SMILES string of the molecule is CO[C@H](C(C)C(=O)N[C@@H](Cc1ccccc1)C(=O)OC(C)(C)C)[C@@H]1C[C@H](C)C(C)N1C(=O)OC(C)(C)C. The summed E-state index contributed by atoms with van der Waals surface area (Å²) in [5.41, 5.74) is -0.428. The maximum Gasteiger partial charge on any atom is 0.410 e. The van der Waals surface area contributed by atoms with Gasteiger partial charge in [-0.05, 0) is 66.4 Å². The van der Waals surface area contributed by atoms with Gasteiger partial charge in [-0.2, -0.15) is 0 Å². The molecule has 0 aromatic heterocycles. The summed E-state index contributed by atoms with van der Waals surface area (Å²) < 4.78 is 17.1. The lowest BCUT2D eigenvalue weighted by Gasteiger charge is -2.37. The normalized spacial score (nSPS) is 22.6. The van der Waals surface area contributed by atoms with E-state index in [-0.39, 0.29) is 23.9 Å². The van der Waals surface area contributed by atoms with Gasteiger partial charge < -0.3 is 19.5 Å². The van der Waals surface area contributed by atoms with E-state index < -0.39 is 41.3 Å². The predicted octanol–water partition coefficient (Wildman–Crippen LogP) is 4.74. The van der Waals surface area contributed by atoms with Crippen molar-refractivity contribution in [2.45, 2.75) is 111 Å². The number of nitrogens with zero attached hydrogens (tertiary/aromatic N) is 1. The van der Waals surface area contributed by atoms with Gasteiger partial charge in [0.15, 0.2) is 0 Å². The van der Waals surface area contributed by atoms with Crippen LogP contribution in [-0.4, -0.2) is 65.4 Å². The highest BCUT2D eigenvalue weighted by Crippen LogP contribution is 2.35. The van der Waals surface area contributed by atoms with Crippen LogP contribution in [0.1, 0.15) is 74.3 Å². The number of carbonyl (C=O) groups excluding carboxylic acids is 3. The van der Waals surface area contributed by atoms with Crippen LogP contribution in [0.4, 0.5) is 4.79 Å². The van der Waals surface area contributed by atoms with Crippen molar-refractivity contribution in [2.75, 3.05) is 7.11 Å².